The summed E-state index contributed by atoms with van der Waals surface area (Å²) in [6, 6.07) is 5.86. The SMILES string of the molecule is O=C1C2CSCC2=NN1c1ccc([N+](=O)[O-])cc1. The summed E-state index contributed by atoms with van der Waals surface area (Å²) < 4.78 is 0. The number of thioether (sulfide) groups is 1. The summed E-state index contributed by atoms with van der Waals surface area (Å²) in [7, 11) is 0. The van der Waals surface area contributed by atoms with Crippen molar-refractivity contribution < 1.29 is 9.72 Å². The monoisotopic (exact) mass is 263 g/mol. The van der Waals surface area contributed by atoms with E-state index < -0.39 is 4.92 Å². The predicted octanol–water partition coefficient (Wildman–Crippen LogP) is 1.66. The molecule has 92 valence electrons. The van der Waals surface area contributed by atoms with Crippen LogP contribution in [0.3, 0.4) is 0 Å². The van der Waals surface area contributed by atoms with Crippen LogP contribution in [0, 0.1) is 16.0 Å². The molecule has 2 heterocycles. The third-order valence-electron chi connectivity index (χ3n) is 2.98. The van der Waals surface area contributed by atoms with Gasteiger partial charge in [0, 0.05) is 23.6 Å². The maximum Gasteiger partial charge on any atom is 0.269 e. The van der Waals surface area contributed by atoms with Gasteiger partial charge in [-0.25, -0.2) is 5.01 Å². The molecule has 1 aromatic rings. The van der Waals surface area contributed by atoms with Gasteiger partial charge in [0.2, 0.25) is 0 Å². The van der Waals surface area contributed by atoms with Gasteiger partial charge in [0.1, 0.15) is 0 Å². The van der Waals surface area contributed by atoms with E-state index >= 15 is 0 Å². The number of carbonyl (C=O) groups is 1. The number of hydrogen-bond acceptors (Lipinski definition) is 5. The first-order valence-corrected chi connectivity index (χ1v) is 6.56. The molecule has 1 atom stereocenters. The van der Waals surface area contributed by atoms with Crippen LogP contribution in [0.25, 0.3) is 0 Å². The van der Waals surface area contributed by atoms with Crippen LogP contribution in [0.5, 0.6) is 0 Å². The summed E-state index contributed by atoms with van der Waals surface area (Å²) in [4.78, 5) is 22.2. The topological polar surface area (TPSA) is 75.8 Å². The number of fused-ring (bicyclic) bond motifs is 1. The molecule has 0 saturated carbocycles. The number of nitro groups is 1. The van der Waals surface area contributed by atoms with E-state index in [1.165, 1.54) is 17.1 Å². The molecule has 0 bridgehead atoms. The van der Waals surface area contributed by atoms with Gasteiger partial charge in [-0.1, -0.05) is 0 Å². The molecule has 1 saturated heterocycles. The Hall–Kier alpha value is -1.89. The van der Waals surface area contributed by atoms with Gasteiger partial charge in [-0.15, -0.1) is 0 Å². The Balaban J connectivity index is 1.90. The summed E-state index contributed by atoms with van der Waals surface area (Å²) in [6.07, 6.45) is 0. The third kappa shape index (κ3) is 1.67. The fraction of sp³-hybridized carbons (Fsp3) is 0.273. The molecule has 0 aliphatic carbocycles. The molecule has 1 fully saturated rings. The number of amides is 1. The molecule has 1 unspecified atom stereocenters. The zero-order valence-electron chi connectivity index (χ0n) is 9.28. The van der Waals surface area contributed by atoms with E-state index in [-0.39, 0.29) is 17.5 Å². The lowest BCUT2D eigenvalue weighted by Crippen LogP contribution is -2.27. The summed E-state index contributed by atoms with van der Waals surface area (Å²) in [5.74, 6) is 1.43. The Bertz CT molecular complexity index is 555. The Morgan fingerprint density at radius 1 is 1.39 bits per heavy atom. The van der Waals surface area contributed by atoms with Gasteiger partial charge in [0.25, 0.3) is 11.6 Å². The number of rotatable bonds is 2. The van der Waals surface area contributed by atoms with Gasteiger partial charge >= 0.3 is 0 Å². The van der Waals surface area contributed by atoms with Crippen molar-refractivity contribution in [2.45, 2.75) is 0 Å². The van der Waals surface area contributed by atoms with Crippen LogP contribution in [-0.4, -0.2) is 28.0 Å². The van der Waals surface area contributed by atoms with E-state index in [0.717, 1.165) is 17.2 Å². The van der Waals surface area contributed by atoms with Crippen molar-refractivity contribution >= 4 is 34.8 Å². The Morgan fingerprint density at radius 3 is 2.72 bits per heavy atom. The first-order valence-electron chi connectivity index (χ1n) is 5.40. The van der Waals surface area contributed by atoms with E-state index in [1.54, 1.807) is 23.9 Å². The van der Waals surface area contributed by atoms with Crippen LogP contribution in [0.4, 0.5) is 11.4 Å². The van der Waals surface area contributed by atoms with Crippen LogP contribution in [-0.2, 0) is 4.79 Å². The van der Waals surface area contributed by atoms with Crippen molar-refractivity contribution in [2.24, 2.45) is 11.0 Å². The Kier molecular flexibility index (Phi) is 2.55. The van der Waals surface area contributed by atoms with Crippen LogP contribution >= 0.6 is 11.8 Å². The third-order valence-corrected chi connectivity index (χ3v) is 4.05. The number of nitrogens with zero attached hydrogens (tertiary/aromatic N) is 3. The largest absolute Gasteiger partial charge is 0.272 e. The molecule has 1 amide bonds. The van der Waals surface area contributed by atoms with Crippen molar-refractivity contribution in [1.29, 1.82) is 0 Å². The maximum atomic E-state index is 12.1. The molecule has 18 heavy (non-hydrogen) atoms. The molecule has 7 heteroatoms. The lowest BCUT2D eigenvalue weighted by molar-refractivity contribution is -0.384. The van der Waals surface area contributed by atoms with Gasteiger partial charge < -0.3 is 0 Å². The molecule has 0 radical (unpaired) electrons. The van der Waals surface area contributed by atoms with Gasteiger partial charge in [0.05, 0.1) is 22.2 Å². The molecular formula is C11H9N3O3S. The fourth-order valence-corrected chi connectivity index (χ4v) is 3.17. The summed E-state index contributed by atoms with van der Waals surface area (Å²) in [6.45, 7) is 0. The molecule has 2 aliphatic heterocycles. The number of carbonyl (C=O) groups excluding carboxylic acids is 1. The summed E-state index contributed by atoms with van der Waals surface area (Å²) >= 11 is 1.71. The fourth-order valence-electron chi connectivity index (χ4n) is 2.02. The van der Waals surface area contributed by atoms with Crippen LogP contribution in [0.15, 0.2) is 29.4 Å². The minimum atomic E-state index is -0.465. The van der Waals surface area contributed by atoms with E-state index in [9.17, 15) is 14.9 Å². The number of nitro benzene ring substituents is 1. The molecule has 0 spiro atoms. The Morgan fingerprint density at radius 2 is 2.11 bits per heavy atom. The number of hydrogen-bond donors (Lipinski definition) is 0. The molecular weight excluding hydrogens is 254 g/mol. The van der Waals surface area contributed by atoms with E-state index in [1.807, 2.05) is 0 Å². The Labute approximate surface area is 107 Å². The highest BCUT2D eigenvalue weighted by Crippen LogP contribution is 2.32. The highest BCUT2D eigenvalue weighted by molar-refractivity contribution is 8.00. The van der Waals surface area contributed by atoms with Crippen molar-refractivity contribution in [3.8, 4) is 0 Å². The number of hydrazone groups is 1. The highest BCUT2D eigenvalue weighted by Gasteiger charge is 2.39. The average Bonchev–Trinajstić information content (AvgIpc) is 2.93. The summed E-state index contributed by atoms with van der Waals surface area (Å²) in [5, 5.41) is 16.2. The highest BCUT2D eigenvalue weighted by atomic mass is 32.2. The van der Waals surface area contributed by atoms with E-state index in [4.69, 9.17) is 0 Å². The minimum Gasteiger partial charge on any atom is -0.272 e. The number of non-ortho nitro benzene ring substituents is 1. The second-order valence-electron chi connectivity index (χ2n) is 4.08. The number of benzene rings is 1. The van der Waals surface area contributed by atoms with E-state index in [0.29, 0.717) is 5.69 Å². The van der Waals surface area contributed by atoms with Crippen LogP contribution < -0.4 is 5.01 Å². The lowest BCUT2D eigenvalue weighted by atomic mass is 10.1. The van der Waals surface area contributed by atoms with E-state index in [2.05, 4.69) is 5.10 Å². The molecule has 6 nitrogen and oxygen atoms in total. The molecule has 0 N–H and O–H groups in total. The molecule has 0 aromatic heterocycles. The smallest absolute Gasteiger partial charge is 0.269 e. The van der Waals surface area contributed by atoms with Crippen molar-refractivity contribution in [2.75, 3.05) is 16.5 Å². The van der Waals surface area contributed by atoms with Gasteiger partial charge in [-0.2, -0.15) is 16.9 Å². The lowest BCUT2D eigenvalue weighted by Gasteiger charge is -2.13. The standard InChI is InChI=1S/C11H9N3O3S/c15-11-9-5-18-6-10(9)12-13(11)7-1-3-8(4-2-7)14(16)17/h1-4,9H,5-6H2. The van der Waals surface area contributed by atoms with Gasteiger partial charge in [-0.05, 0) is 12.1 Å². The van der Waals surface area contributed by atoms with Crippen molar-refractivity contribution in [3.05, 3.63) is 34.4 Å². The number of anilines is 1. The summed E-state index contributed by atoms with van der Waals surface area (Å²) in [5.41, 5.74) is 1.50. The predicted molar refractivity (Wildman–Crippen MR) is 68.8 cm³/mol. The molecule has 1 aromatic carbocycles. The normalized spacial score (nSPS) is 22.0. The quantitative estimate of drug-likeness (QED) is 0.600. The minimum absolute atomic E-state index is 0.00815. The van der Waals surface area contributed by atoms with Gasteiger partial charge in [-0.3, -0.25) is 14.9 Å². The maximum absolute atomic E-state index is 12.1. The average molecular weight is 263 g/mol. The zero-order valence-corrected chi connectivity index (χ0v) is 10.1. The van der Waals surface area contributed by atoms with Crippen molar-refractivity contribution in [1.82, 2.24) is 0 Å². The molecule has 3 rings (SSSR count). The first kappa shape index (κ1) is 11.2. The van der Waals surface area contributed by atoms with Crippen LogP contribution in [0.1, 0.15) is 0 Å². The zero-order chi connectivity index (χ0) is 12.7. The second kappa shape index (κ2) is 4.09. The van der Waals surface area contributed by atoms with Crippen LogP contribution in [0.2, 0.25) is 0 Å². The second-order valence-corrected chi connectivity index (χ2v) is 5.11. The van der Waals surface area contributed by atoms with Crippen molar-refractivity contribution in [3.63, 3.8) is 0 Å². The first-order chi connectivity index (χ1) is 8.66. The van der Waals surface area contributed by atoms with Gasteiger partial charge in [0.15, 0.2) is 0 Å². The molecule has 2 aliphatic rings.